The van der Waals surface area contributed by atoms with Crippen molar-refractivity contribution in [3.05, 3.63) is 59.2 Å². The summed E-state index contributed by atoms with van der Waals surface area (Å²) in [4.78, 5) is 0. The highest BCUT2D eigenvalue weighted by Crippen LogP contribution is 2.36. The molecule has 1 N–H and O–H groups in total. The molecule has 23 heavy (non-hydrogen) atoms. The summed E-state index contributed by atoms with van der Waals surface area (Å²) in [5.74, 6) is 2.05. The number of rotatable bonds is 3. The van der Waals surface area contributed by atoms with Crippen LogP contribution in [0.25, 0.3) is 0 Å². The van der Waals surface area contributed by atoms with Crippen LogP contribution in [0.15, 0.2) is 42.5 Å². The average Bonchev–Trinajstić information content (AvgIpc) is 2.86. The number of ether oxygens (including phenoxy) is 2. The van der Waals surface area contributed by atoms with Gasteiger partial charge in [0.2, 0.25) is 0 Å². The Balaban J connectivity index is 1.47. The standard InChI is InChI=1S/C20H23NO2/c1-20(2)12-15-11-14(7-8-18(15)23-20)13-21-17-9-10-22-19-6-4-3-5-16(17)19/h3-8,11,17,21H,9-10,12-13H2,1-2H3. The van der Waals surface area contributed by atoms with Crippen molar-refractivity contribution < 1.29 is 9.47 Å². The third-order valence-electron chi connectivity index (χ3n) is 4.64. The first-order valence-electron chi connectivity index (χ1n) is 8.37. The van der Waals surface area contributed by atoms with Gasteiger partial charge in [-0.15, -0.1) is 0 Å². The molecule has 0 spiro atoms. The molecule has 2 aromatic rings. The van der Waals surface area contributed by atoms with Gasteiger partial charge in [0.05, 0.1) is 6.61 Å². The molecule has 0 radical (unpaired) electrons. The minimum atomic E-state index is -0.0754. The van der Waals surface area contributed by atoms with Gasteiger partial charge in [0.1, 0.15) is 17.1 Å². The highest BCUT2D eigenvalue weighted by atomic mass is 16.5. The van der Waals surface area contributed by atoms with Crippen LogP contribution in [0.4, 0.5) is 0 Å². The smallest absolute Gasteiger partial charge is 0.124 e. The molecular formula is C20H23NO2. The lowest BCUT2D eigenvalue weighted by Gasteiger charge is -2.26. The fraction of sp³-hybridized carbons (Fsp3) is 0.400. The summed E-state index contributed by atoms with van der Waals surface area (Å²) < 4.78 is 11.7. The second-order valence-electron chi connectivity index (χ2n) is 7.09. The lowest BCUT2D eigenvalue weighted by atomic mass is 9.99. The summed E-state index contributed by atoms with van der Waals surface area (Å²) in [6.45, 7) is 5.93. The van der Waals surface area contributed by atoms with Crippen molar-refractivity contribution in [3.8, 4) is 11.5 Å². The van der Waals surface area contributed by atoms with E-state index in [4.69, 9.17) is 9.47 Å². The van der Waals surface area contributed by atoms with Gasteiger partial charge in [-0.3, -0.25) is 0 Å². The van der Waals surface area contributed by atoms with Gasteiger partial charge in [-0.25, -0.2) is 0 Å². The van der Waals surface area contributed by atoms with Crippen molar-refractivity contribution >= 4 is 0 Å². The summed E-state index contributed by atoms with van der Waals surface area (Å²) >= 11 is 0. The number of hydrogen-bond acceptors (Lipinski definition) is 3. The lowest BCUT2D eigenvalue weighted by Crippen LogP contribution is -2.26. The molecule has 3 heteroatoms. The first-order chi connectivity index (χ1) is 11.1. The molecule has 0 fully saturated rings. The maximum absolute atomic E-state index is 5.95. The molecule has 4 rings (SSSR count). The lowest BCUT2D eigenvalue weighted by molar-refractivity contribution is 0.138. The summed E-state index contributed by atoms with van der Waals surface area (Å²) in [6.07, 6.45) is 1.99. The Morgan fingerprint density at radius 3 is 2.91 bits per heavy atom. The Labute approximate surface area is 137 Å². The van der Waals surface area contributed by atoms with Gasteiger partial charge < -0.3 is 14.8 Å². The van der Waals surface area contributed by atoms with E-state index in [2.05, 4.69) is 55.6 Å². The van der Waals surface area contributed by atoms with Gasteiger partial charge >= 0.3 is 0 Å². The van der Waals surface area contributed by atoms with Crippen LogP contribution in [-0.4, -0.2) is 12.2 Å². The van der Waals surface area contributed by atoms with E-state index >= 15 is 0 Å². The molecule has 3 nitrogen and oxygen atoms in total. The van der Waals surface area contributed by atoms with Crippen molar-refractivity contribution in [1.29, 1.82) is 0 Å². The van der Waals surface area contributed by atoms with Crippen LogP contribution in [0.1, 0.15) is 43.0 Å². The predicted octanol–water partition coefficient (Wildman–Crippen LogP) is 4.01. The molecule has 2 aliphatic rings. The summed E-state index contributed by atoms with van der Waals surface area (Å²) in [5, 5.41) is 3.69. The summed E-state index contributed by atoms with van der Waals surface area (Å²) in [7, 11) is 0. The molecule has 2 heterocycles. The van der Waals surface area contributed by atoms with Gasteiger partial charge in [0.25, 0.3) is 0 Å². The summed E-state index contributed by atoms with van der Waals surface area (Å²) in [5.41, 5.74) is 3.83. The van der Waals surface area contributed by atoms with Crippen LogP contribution in [0.3, 0.4) is 0 Å². The monoisotopic (exact) mass is 309 g/mol. The zero-order valence-electron chi connectivity index (χ0n) is 13.8. The molecule has 0 saturated heterocycles. The zero-order chi connectivity index (χ0) is 15.9. The van der Waals surface area contributed by atoms with Crippen LogP contribution >= 0.6 is 0 Å². The number of hydrogen-bond donors (Lipinski definition) is 1. The Morgan fingerprint density at radius 2 is 2.00 bits per heavy atom. The van der Waals surface area contributed by atoms with Gasteiger partial charge in [0, 0.05) is 31.0 Å². The van der Waals surface area contributed by atoms with E-state index in [0.717, 1.165) is 37.5 Å². The molecule has 0 saturated carbocycles. The number of benzene rings is 2. The quantitative estimate of drug-likeness (QED) is 0.929. The maximum atomic E-state index is 5.95. The van der Waals surface area contributed by atoms with E-state index in [9.17, 15) is 0 Å². The average molecular weight is 309 g/mol. The van der Waals surface area contributed by atoms with Gasteiger partial charge in [-0.2, -0.15) is 0 Å². The van der Waals surface area contributed by atoms with E-state index in [1.807, 2.05) is 6.07 Å². The third kappa shape index (κ3) is 2.93. The Bertz CT molecular complexity index is 723. The zero-order valence-corrected chi connectivity index (χ0v) is 13.8. The van der Waals surface area contributed by atoms with E-state index in [0.29, 0.717) is 6.04 Å². The van der Waals surface area contributed by atoms with E-state index in [1.165, 1.54) is 16.7 Å². The second-order valence-corrected chi connectivity index (χ2v) is 7.09. The number of fused-ring (bicyclic) bond motifs is 2. The first-order valence-corrected chi connectivity index (χ1v) is 8.37. The molecule has 2 aromatic carbocycles. The Hall–Kier alpha value is -2.00. The van der Waals surface area contributed by atoms with E-state index < -0.39 is 0 Å². The normalized spacial score (nSPS) is 21.0. The molecular weight excluding hydrogens is 286 g/mol. The number of para-hydroxylation sites is 1. The fourth-order valence-electron chi connectivity index (χ4n) is 3.57. The molecule has 2 aliphatic heterocycles. The second kappa shape index (κ2) is 5.57. The van der Waals surface area contributed by atoms with Crippen molar-refractivity contribution in [2.24, 2.45) is 0 Å². The van der Waals surface area contributed by atoms with Gasteiger partial charge in [-0.05, 0) is 37.1 Å². The van der Waals surface area contributed by atoms with Crippen LogP contribution in [0.2, 0.25) is 0 Å². The SMILES string of the molecule is CC1(C)Cc2cc(CNC3CCOc4ccccc43)ccc2O1. The number of nitrogens with one attached hydrogen (secondary N) is 1. The van der Waals surface area contributed by atoms with Crippen LogP contribution < -0.4 is 14.8 Å². The van der Waals surface area contributed by atoms with Crippen LogP contribution in [-0.2, 0) is 13.0 Å². The molecule has 1 atom stereocenters. The molecule has 1 unspecified atom stereocenters. The summed E-state index contributed by atoms with van der Waals surface area (Å²) in [6, 6.07) is 15.2. The Kier molecular flexibility index (Phi) is 3.53. The first kappa shape index (κ1) is 14.6. The molecule has 0 bridgehead atoms. The Morgan fingerprint density at radius 1 is 1.13 bits per heavy atom. The minimum absolute atomic E-state index is 0.0754. The van der Waals surface area contributed by atoms with Crippen molar-refractivity contribution in [1.82, 2.24) is 5.32 Å². The highest BCUT2D eigenvalue weighted by molar-refractivity contribution is 5.42. The van der Waals surface area contributed by atoms with Crippen molar-refractivity contribution in [2.45, 2.75) is 44.9 Å². The topological polar surface area (TPSA) is 30.5 Å². The predicted molar refractivity (Wildman–Crippen MR) is 91.0 cm³/mol. The van der Waals surface area contributed by atoms with Crippen molar-refractivity contribution in [2.75, 3.05) is 6.61 Å². The van der Waals surface area contributed by atoms with Gasteiger partial charge in [-0.1, -0.05) is 30.3 Å². The van der Waals surface area contributed by atoms with E-state index in [-0.39, 0.29) is 5.60 Å². The highest BCUT2D eigenvalue weighted by Gasteiger charge is 2.30. The third-order valence-corrected chi connectivity index (χ3v) is 4.64. The van der Waals surface area contributed by atoms with Crippen LogP contribution in [0, 0.1) is 0 Å². The minimum Gasteiger partial charge on any atom is -0.493 e. The maximum Gasteiger partial charge on any atom is 0.124 e. The molecule has 0 amide bonds. The van der Waals surface area contributed by atoms with Crippen LogP contribution in [0.5, 0.6) is 11.5 Å². The molecule has 0 aromatic heterocycles. The van der Waals surface area contributed by atoms with E-state index in [1.54, 1.807) is 0 Å². The molecule has 120 valence electrons. The van der Waals surface area contributed by atoms with Crippen molar-refractivity contribution in [3.63, 3.8) is 0 Å². The largest absolute Gasteiger partial charge is 0.493 e. The van der Waals surface area contributed by atoms with Gasteiger partial charge in [0.15, 0.2) is 0 Å². The fourth-order valence-corrected chi connectivity index (χ4v) is 3.57. The molecule has 0 aliphatic carbocycles.